The third-order valence-electron chi connectivity index (χ3n) is 3.63. The Morgan fingerprint density at radius 2 is 2.20 bits per heavy atom. The maximum Gasteiger partial charge on any atom is 0.325 e. The molecule has 1 aliphatic heterocycles. The summed E-state index contributed by atoms with van der Waals surface area (Å²) in [6.07, 6.45) is 0.904. The number of carboxylic acids is 1. The zero-order valence-corrected chi connectivity index (χ0v) is 12.3. The van der Waals surface area contributed by atoms with E-state index >= 15 is 0 Å². The Morgan fingerprint density at radius 3 is 2.95 bits per heavy atom. The predicted octanol–water partition coefficient (Wildman–Crippen LogP) is 3.59. The van der Waals surface area contributed by atoms with Gasteiger partial charge in [0.15, 0.2) is 0 Å². The van der Waals surface area contributed by atoms with Gasteiger partial charge in [0.1, 0.15) is 6.04 Å². The molecule has 1 unspecified atom stereocenters. The lowest BCUT2D eigenvalue weighted by Crippen LogP contribution is -2.38. The molecule has 0 spiro atoms. The third kappa shape index (κ3) is 2.46. The first-order valence-electron chi connectivity index (χ1n) is 6.43. The van der Waals surface area contributed by atoms with Crippen molar-refractivity contribution in [3.8, 4) is 0 Å². The van der Waals surface area contributed by atoms with E-state index in [1.165, 1.54) is 4.88 Å². The van der Waals surface area contributed by atoms with Crippen LogP contribution in [0.15, 0.2) is 35.7 Å². The molecule has 0 amide bonds. The van der Waals surface area contributed by atoms with E-state index < -0.39 is 12.0 Å². The molecule has 0 bridgehead atoms. The van der Waals surface area contributed by atoms with E-state index in [1.807, 2.05) is 40.6 Å². The van der Waals surface area contributed by atoms with Gasteiger partial charge in [0.05, 0.1) is 0 Å². The summed E-state index contributed by atoms with van der Waals surface area (Å²) in [5.74, 6) is -0.795. The highest BCUT2D eigenvalue weighted by molar-refractivity contribution is 7.10. The van der Waals surface area contributed by atoms with Crippen molar-refractivity contribution >= 4 is 28.9 Å². The molecular weight excluding hydrogens is 294 g/mol. The molecule has 0 saturated heterocycles. The number of hydrogen-bond donors (Lipinski definition) is 1. The SMILES string of the molecule is O=C(O)C1c2ccsc2CCN1Cc1ccccc1Cl. The van der Waals surface area contributed by atoms with Crippen molar-refractivity contribution in [3.63, 3.8) is 0 Å². The topological polar surface area (TPSA) is 40.5 Å². The summed E-state index contributed by atoms with van der Waals surface area (Å²) in [7, 11) is 0. The van der Waals surface area contributed by atoms with E-state index in [0.29, 0.717) is 11.6 Å². The van der Waals surface area contributed by atoms with Gasteiger partial charge < -0.3 is 5.11 Å². The Labute approximate surface area is 126 Å². The number of rotatable bonds is 3. The third-order valence-corrected chi connectivity index (χ3v) is 5.00. The molecule has 1 aromatic heterocycles. The number of thiophene rings is 1. The monoisotopic (exact) mass is 307 g/mol. The van der Waals surface area contributed by atoms with Crippen LogP contribution in [0.2, 0.25) is 5.02 Å². The smallest absolute Gasteiger partial charge is 0.325 e. The first-order chi connectivity index (χ1) is 9.66. The van der Waals surface area contributed by atoms with Gasteiger partial charge in [-0.05, 0) is 35.1 Å². The van der Waals surface area contributed by atoms with Crippen LogP contribution in [0.5, 0.6) is 0 Å². The summed E-state index contributed by atoms with van der Waals surface area (Å²) in [5.41, 5.74) is 1.90. The van der Waals surface area contributed by atoms with Crippen LogP contribution < -0.4 is 0 Å². The fraction of sp³-hybridized carbons (Fsp3) is 0.267. The van der Waals surface area contributed by atoms with Crippen molar-refractivity contribution in [2.45, 2.75) is 19.0 Å². The number of benzene rings is 1. The predicted molar refractivity (Wildman–Crippen MR) is 80.3 cm³/mol. The lowest BCUT2D eigenvalue weighted by atomic mass is 9.99. The number of nitrogens with zero attached hydrogens (tertiary/aromatic N) is 1. The maximum atomic E-state index is 11.6. The fourth-order valence-corrected chi connectivity index (χ4v) is 3.77. The lowest BCUT2D eigenvalue weighted by molar-refractivity contribution is -0.144. The Kier molecular flexibility index (Phi) is 3.78. The first kappa shape index (κ1) is 13.6. The molecule has 0 saturated carbocycles. The van der Waals surface area contributed by atoms with Crippen molar-refractivity contribution in [1.29, 1.82) is 0 Å². The summed E-state index contributed by atoms with van der Waals surface area (Å²) in [6, 6.07) is 8.96. The molecule has 1 aliphatic rings. The molecule has 104 valence electrons. The van der Waals surface area contributed by atoms with Gasteiger partial charge in [0, 0.05) is 23.0 Å². The number of carboxylic acid groups (broad SMARTS) is 1. The fourth-order valence-electron chi connectivity index (χ4n) is 2.67. The number of carbonyl (C=O) groups is 1. The highest BCUT2D eigenvalue weighted by Gasteiger charge is 2.33. The van der Waals surface area contributed by atoms with Crippen molar-refractivity contribution in [2.24, 2.45) is 0 Å². The number of halogens is 1. The highest BCUT2D eigenvalue weighted by atomic mass is 35.5. The van der Waals surface area contributed by atoms with Crippen LogP contribution >= 0.6 is 22.9 Å². The summed E-state index contributed by atoms with van der Waals surface area (Å²) < 4.78 is 0. The normalized spacial score (nSPS) is 18.8. The van der Waals surface area contributed by atoms with Crippen LogP contribution in [-0.2, 0) is 17.8 Å². The Morgan fingerprint density at radius 1 is 1.40 bits per heavy atom. The standard InChI is InChI=1S/C15H14ClNO2S/c16-12-4-2-1-3-10(12)9-17-7-5-13-11(6-8-20-13)14(17)15(18)19/h1-4,6,8,14H,5,7,9H2,(H,18,19). The van der Waals surface area contributed by atoms with Gasteiger partial charge in [-0.2, -0.15) is 0 Å². The average molecular weight is 308 g/mol. The molecule has 3 rings (SSSR count). The Balaban J connectivity index is 1.90. The molecule has 1 atom stereocenters. The van der Waals surface area contributed by atoms with Crippen molar-refractivity contribution < 1.29 is 9.90 Å². The van der Waals surface area contributed by atoms with Gasteiger partial charge >= 0.3 is 5.97 Å². The van der Waals surface area contributed by atoms with E-state index in [-0.39, 0.29) is 0 Å². The Bertz CT molecular complexity index is 640. The van der Waals surface area contributed by atoms with Crippen LogP contribution in [-0.4, -0.2) is 22.5 Å². The second-order valence-corrected chi connectivity index (χ2v) is 6.26. The van der Waals surface area contributed by atoms with Gasteiger partial charge in [-0.15, -0.1) is 11.3 Å². The van der Waals surface area contributed by atoms with E-state index in [4.69, 9.17) is 11.6 Å². The summed E-state index contributed by atoms with van der Waals surface area (Å²) in [5, 5.41) is 12.2. The number of fused-ring (bicyclic) bond motifs is 1. The maximum absolute atomic E-state index is 11.6. The minimum absolute atomic E-state index is 0.561. The van der Waals surface area contributed by atoms with Crippen molar-refractivity contribution in [1.82, 2.24) is 4.90 Å². The molecule has 2 heterocycles. The van der Waals surface area contributed by atoms with Crippen LogP contribution in [0.1, 0.15) is 22.0 Å². The minimum Gasteiger partial charge on any atom is -0.480 e. The quantitative estimate of drug-likeness (QED) is 0.942. The number of aliphatic carboxylic acids is 1. The molecule has 5 heteroatoms. The molecular formula is C15H14ClNO2S. The summed E-state index contributed by atoms with van der Waals surface area (Å²) in [6.45, 7) is 1.31. The second-order valence-electron chi connectivity index (χ2n) is 4.85. The van der Waals surface area contributed by atoms with Gasteiger partial charge in [-0.3, -0.25) is 9.69 Å². The van der Waals surface area contributed by atoms with Crippen LogP contribution in [0.3, 0.4) is 0 Å². The van der Waals surface area contributed by atoms with E-state index in [1.54, 1.807) is 11.3 Å². The number of hydrogen-bond acceptors (Lipinski definition) is 3. The molecule has 0 fully saturated rings. The summed E-state index contributed by atoms with van der Waals surface area (Å²) >= 11 is 7.82. The highest BCUT2D eigenvalue weighted by Crippen LogP contribution is 2.34. The van der Waals surface area contributed by atoms with Crippen molar-refractivity contribution in [3.05, 3.63) is 56.7 Å². The van der Waals surface area contributed by atoms with Crippen LogP contribution in [0, 0.1) is 0 Å². The molecule has 0 aliphatic carbocycles. The zero-order valence-electron chi connectivity index (χ0n) is 10.8. The minimum atomic E-state index is -0.795. The summed E-state index contributed by atoms with van der Waals surface area (Å²) in [4.78, 5) is 14.8. The zero-order chi connectivity index (χ0) is 14.1. The van der Waals surface area contributed by atoms with Crippen LogP contribution in [0.4, 0.5) is 0 Å². The van der Waals surface area contributed by atoms with Gasteiger partial charge in [-0.25, -0.2) is 0 Å². The molecule has 1 N–H and O–H groups in total. The lowest BCUT2D eigenvalue weighted by Gasteiger charge is -2.33. The average Bonchev–Trinajstić information content (AvgIpc) is 2.88. The molecule has 0 radical (unpaired) electrons. The van der Waals surface area contributed by atoms with E-state index in [0.717, 1.165) is 24.1 Å². The van der Waals surface area contributed by atoms with Crippen LogP contribution in [0.25, 0.3) is 0 Å². The second kappa shape index (κ2) is 5.56. The van der Waals surface area contributed by atoms with Gasteiger partial charge in [0.2, 0.25) is 0 Å². The largest absolute Gasteiger partial charge is 0.480 e. The molecule has 1 aromatic carbocycles. The molecule has 2 aromatic rings. The molecule has 3 nitrogen and oxygen atoms in total. The Hall–Kier alpha value is -1.36. The van der Waals surface area contributed by atoms with Crippen molar-refractivity contribution in [2.75, 3.05) is 6.54 Å². The first-order valence-corrected chi connectivity index (χ1v) is 7.69. The van der Waals surface area contributed by atoms with E-state index in [2.05, 4.69) is 0 Å². The molecule has 20 heavy (non-hydrogen) atoms. The van der Waals surface area contributed by atoms with Gasteiger partial charge in [0.25, 0.3) is 0 Å². The van der Waals surface area contributed by atoms with E-state index in [9.17, 15) is 9.90 Å². The van der Waals surface area contributed by atoms with Gasteiger partial charge in [-0.1, -0.05) is 29.8 Å².